The summed E-state index contributed by atoms with van der Waals surface area (Å²) in [6.45, 7) is 3.67. The van der Waals surface area contributed by atoms with Crippen molar-refractivity contribution in [1.82, 2.24) is 29.7 Å². The number of anilines is 6. The van der Waals surface area contributed by atoms with Crippen LogP contribution < -0.4 is 50.8 Å². The third kappa shape index (κ3) is 10.1. The van der Waals surface area contributed by atoms with Crippen LogP contribution in [-0.2, 0) is 9.59 Å². The molecule has 2 fully saturated rings. The number of nitrogens with zero attached hydrogens (tertiary/aromatic N) is 8. The standard InChI is InChI=1S/C47H52N12O8/c1-64-36-24-32-34(26-38(36)66-3)52-46(54-42(32)48)58-18-14-56(15-19-58)44(62)28-8-5-10-30(22-28)50-40(60)12-7-13-41(61)51-31-11-6-9-29(23-31)45(63)57-16-20-59(21-17-57)47-53-35-27-39(67-4)37(65-2)25-33(35)43(49)55-47/h5-6,8-11,22-27H,7,12-21H2,1-4H3,(H,50,60)(H,51,61)(H2,48,52,54)(H2,49,53,55). The number of fused-ring (bicyclic) bond motifs is 2. The smallest absolute Gasteiger partial charge is 0.254 e. The first-order chi connectivity index (χ1) is 32.4. The number of carbonyl (C=O) groups excluding carboxylic acids is 4. The van der Waals surface area contributed by atoms with E-state index in [2.05, 4.69) is 20.6 Å². The number of amides is 4. The fourth-order valence-electron chi connectivity index (χ4n) is 8.12. The Morgan fingerprint density at radius 1 is 0.522 bits per heavy atom. The molecule has 0 saturated carbocycles. The fraction of sp³-hybridized carbons (Fsp3) is 0.319. The summed E-state index contributed by atoms with van der Waals surface area (Å²) < 4.78 is 21.6. The third-order valence-corrected chi connectivity index (χ3v) is 11.7. The number of piperazine rings is 2. The minimum absolute atomic E-state index is 0.0829. The van der Waals surface area contributed by atoms with Crippen LogP contribution in [0, 0.1) is 0 Å². The average Bonchev–Trinajstić information content (AvgIpc) is 3.35. The first-order valence-electron chi connectivity index (χ1n) is 21.7. The summed E-state index contributed by atoms with van der Waals surface area (Å²) in [7, 11) is 6.20. The molecule has 2 aliphatic rings. The van der Waals surface area contributed by atoms with Crippen LogP contribution in [-0.4, -0.2) is 134 Å². The highest BCUT2D eigenvalue weighted by Gasteiger charge is 2.27. The SMILES string of the molecule is COc1cc2nc(N3CCN(C(=O)c4cccc(NC(=O)CCCC(=O)Nc5cccc(C(=O)N6CCN(c7nc(N)c8cc(OC)c(OC)cc8n7)CC6)c5)c4)CC3)nc(N)c2cc1OC. The zero-order valence-corrected chi connectivity index (χ0v) is 37.7. The van der Waals surface area contributed by atoms with Crippen LogP contribution in [0.3, 0.4) is 0 Å². The first-order valence-corrected chi connectivity index (χ1v) is 21.7. The lowest BCUT2D eigenvalue weighted by Crippen LogP contribution is -2.49. The van der Waals surface area contributed by atoms with Crippen LogP contribution in [0.5, 0.6) is 23.0 Å². The van der Waals surface area contributed by atoms with E-state index in [9.17, 15) is 19.2 Å². The molecular weight excluding hydrogens is 861 g/mol. The molecule has 67 heavy (non-hydrogen) atoms. The second-order valence-corrected chi connectivity index (χ2v) is 15.9. The monoisotopic (exact) mass is 912 g/mol. The summed E-state index contributed by atoms with van der Waals surface area (Å²) >= 11 is 0. The second-order valence-electron chi connectivity index (χ2n) is 15.9. The predicted molar refractivity (Wildman–Crippen MR) is 254 cm³/mol. The molecule has 4 amide bonds. The van der Waals surface area contributed by atoms with Crippen LogP contribution in [0.2, 0.25) is 0 Å². The van der Waals surface area contributed by atoms with Crippen LogP contribution >= 0.6 is 0 Å². The molecule has 8 rings (SSSR count). The number of hydrogen-bond donors (Lipinski definition) is 4. The molecule has 2 saturated heterocycles. The molecule has 0 bridgehead atoms. The lowest BCUT2D eigenvalue weighted by Gasteiger charge is -2.35. The van der Waals surface area contributed by atoms with Gasteiger partial charge in [-0.25, -0.2) is 9.97 Å². The molecule has 6 N–H and O–H groups in total. The molecule has 0 aliphatic carbocycles. The van der Waals surface area contributed by atoms with Crippen molar-refractivity contribution in [2.75, 3.05) is 113 Å². The van der Waals surface area contributed by atoms with Crippen LogP contribution in [0.1, 0.15) is 40.0 Å². The van der Waals surface area contributed by atoms with Gasteiger partial charge in [0.1, 0.15) is 11.6 Å². The van der Waals surface area contributed by atoms with E-state index in [4.69, 9.17) is 40.4 Å². The maximum Gasteiger partial charge on any atom is 0.254 e. The summed E-state index contributed by atoms with van der Waals surface area (Å²) in [6, 6.07) is 20.6. The van der Waals surface area contributed by atoms with Crippen molar-refractivity contribution in [3.8, 4) is 23.0 Å². The van der Waals surface area contributed by atoms with Crippen molar-refractivity contribution in [3.05, 3.63) is 83.9 Å². The first kappa shape index (κ1) is 45.4. The molecule has 0 atom stereocenters. The number of nitrogens with two attached hydrogens (primary N) is 2. The van der Waals surface area contributed by atoms with E-state index < -0.39 is 0 Å². The Balaban J connectivity index is 0.777. The summed E-state index contributed by atoms with van der Waals surface area (Å²) in [4.78, 5) is 78.9. The Kier molecular flexibility index (Phi) is 13.5. The average molecular weight is 913 g/mol. The normalized spacial score (nSPS) is 13.9. The van der Waals surface area contributed by atoms with Gasteiger partial charge in [0.25, 0.3) is 11.8 Å². The van der Waals surface area contributed by atoms with Gasteiger partial charge in [-0.3, -0.25) is 19.2 Å². The van der Waals surface area contributed by atoms with E-state index in [-0.39, 0.29) is 42.9 Å². The van der Waals surface area contributed by atoms with Crippen LogP contribution in [0.4, 0.5) is 34.9 Å². The lowest BCUT2D eigenvalue weighted by molar-refractivity contribution is -0.117. The summed E-state index contributed by atoms with van der Waals surface area (Å²) in [5.41, 5.74) is 15.7. The molecule has 0 spiro atoms. The molecular formula is C47H52N12O8. The number of ether oxygens (including phenoxy) is 4. The number of carbonyl (C=O) groups is 4. The van der Waals surface area contributed by atoms with Gasteiger partial charge in [-0.2, -0.15) is 9.97 Å². The van der Waals surface area contributed by atoms with E-state index in [1.807, 2.05) is 9.80 Å². The van der Waals surface area contributed by atoms with E-state index in [1.165, 1.54) is 0 Å². The Morgan fingerprint density at radius 2 is 0.896 bits per heavy atom. The van der Waals surface area contributed by atoms with Crippen molar-refractivity contribution >= 4 is 80.3 Å². The van der Waals surface area contributed by atoms with Gasteiger partial charge >= 0.3 is 0 Å². The van der Waals surface area contributed by atoms with Crippen LogP contribution in [0.25, 0.3) is 21.8 Å². The third-order valence-electron chi connectivity index (χ3n) is 11.7. The lowest BCUT2D eigenvalue weighted by atomic mass is 10.1. The molecule has 348 valence electrons. The fourth-order valence-corrected chi connectivity index (χ4v) is 8.12. The van der Waals surface area contributed by atoms with Gasteiger partial charge in [0, 0.05) is 111 Å². The molecule has 2 aliphatic heterocycles. The molecule has 4 aromatic carbocycles. The predicted octanol–water partition coefficient (Wildman–Crippen LogP) is 4.44. The maximum atomic E-state index is 13.5. The number of methoxy groups -OCH3 is 4. The highest BCUT2D eigenvalue weighted by Crippen LogP contribution is 2.36. The van der Waals surface area contributed by atoms with Gasteiger partial charge < -0.3 is 60.6 Å². The molecule has 0 unspecified atom stereocenters. The van der Waals surface area contributed by atoms with Crippen molar-refractivity contribution in [1.29, 1.82) is 0 Å². The largest absolute Gasteiger partial charge is 0.493 e. The van der Waals surface area contributed by atoms with E-state index >= 15 is 0 Å². The zero-order valence-electron chi connectivity index (χ0n) is 37.7. The summed E-state index contributed by atoms with van der Waals surface area (Å²) in [5, 5.41) is 6.99. The summed E-state index contributed by atoms with van der Waals surface area (Å²) in [6.07, 6.45) is 0.450. The van der Waals surface area contributed by atoms with Crippen molar-refractivity contribution in [2.24, 2.45) is 0 Å². The molecule has 4 heterocycles. The van der Waals surface area contributed by atoms with Crippen LogP contribution in [0.15, 0.2) is 72.8 Å². The topological polar surface area (TPSA) is 246 Å². The Hall–Kier alpha value is -8.16. The number of nitrogens with one attached hydrogen (secondary N) is 2. The number of hydrogen-bond acceptors (Lipinski definition) is 16. The highest BCUT2D eigenvalue weighted by molar-refractivity contribution is 5.99. The number of nitrogen functional groups attached to an aromatic ring is 2. The maximum absolute atomic E-state index is 13.5. The highest BCUT2D eigenvalue weighted by atomic mass is 16.5. The van der Waals surface area contributed by atoms with Gasteiger partial charge in [0.2, 0.25) is 23.7 Å². The Morgan fingerprint density at radius 3 is 1.27 bits per heavy atom. The molecule has 2 aromatic heterocycles. The van der Waals surface area contributed by atoms with Crippen molar-refractivity contribution in [2.45, 2.75) is 19.3 Å². The molecule has 20 nitrogen and oxygen atoms in total. The zero-order chi connectivity index (χ0) is 47.2. The number of rotatable bonds is 14. The molecule has 20 heteroatoms. The molecule has 0 radical (unpaired) electrons. The van der Waals surface area contributed by atoms with Gasteiger partial charge in [0.05, 0.1) is 39.5 Å². The minimum Gasteiger partial charge on any atom is -0.493 e. The van der Waals surface area contributed by atoms with Gasteiger partial charge in [-0.05, 0) is 55.0 Å². The van der Waals surface area contributed by atoms with E-state index in [0.29, 0.717) is 143 Å². The summed E-state index contributed by atoms with van der Waals surface area (Å²) in [5.74, 6) is 2.74. The Bertz CT molecular complexity index is 2660. The van der Waals surface area contributed by atoms with E-state index in [1.54, 1.807) is 111 Å². The number of benzene rings is 4. The van der Waals surface area contributed by atoms with Gasteiger partial charge in [0.15, 0.2) is 23.0 Å². The second kappa shape index (κ2) is 19.9. The van der Waals surface area contributed by atoms with Gasteiger partial charge in [-0.1, -0.05) is 12.1 Å². The van der Waals surface area contributed by atoms with Crippen molar-refractivity contribution < 1.29 is 38.1 Å². The van der Waals surface area contributed by atoms with Crippen molar-refractivity contribution in [3.63, 3.8) is 0 Å². The van der Waals surface area contributed by atoms with E-state index in [0.717, 1.165) is 0 Å². The Labute approximate surface area is 386 Å². The number of aromatic nitrogens is 4. The molecule has 6 aromatic rings. The van der Waals surface area contributed by atoms with Gasteiger partial charge in [-0.15, -0.1) is 0 Å². The minimum atomic E-state index is -0.291. The quantitative estimate of drug-likeness (QED) is 0.118.